The molecule has 1 aromatic heterocycles. The van der Waals surface area contributed by atoms with Gasteiger partial charge in [0.15, 0.2) is 0 Å². The topological polar surface area (TPSA) is 147 Å². The van der Waals surface area contributed by atoms with Crippen LogP contribution in [0.1, 0.15) is 0 Å². The minimum atomic E-state index is -3.74. The lowest BCUT2D eigenvalue weighted by atomic mass is 10.1. The number of nitrogens with two attached hydrogens (primary N) is 1. The second-order valence-electron chi connectivity index (χ2n) is 5.82. The molecule has 0 fully saturated rings. The third kappa shape index (κ3) is 5.06. The van der Waals surface area contributed by atoms with Crippen molar-refractivity contribution in [1.29, 1.82) is 0 Å². The number of hydrogen-bond acceptors (Lipinski definition) is 6. The zero-order chi connectivity index (χ0) is 19.7. The van der Waals surface area contributed by atoms with Gasteiger partial charge < -0.3 is 5.32 Å². The van der Waals surface area contributed by atoms with E-state index in [2.05, 4.69) is 20.2 Å². The Morgan fingerprint density at radius 1 is 0.963 bits per heavy atom. The summed E-state index contributed by atoms with van der Waals surface area (Å²) in [5.74, 6) is 0.579. The van der Waals surface area contributed by atoms with Gasteiger partial charge in [0.25, 0.3) is 0 Å². The maximum Gasteiger partial charge on any atom is 0.238 e. The van der Waals surface area contributed by atoms with Gasteiger partial charge in [0.2, 0.25) is 20.0 Å². The number of nitrogens with zero attached hydrogens (tertiary/aromatic N) is 1. The molecule has 0 saturated carbocycles. The van der Waals surface area contributed by atoms with Crippen LogP contribution >= 0.6 is 0 Å². The molecule has 0 aliphatic carbocycles. The maximum atomic E-state index is 11.4. The minimum absolute atomic E-state index is 0.0218. The number of primary sulfonamides is 1. The summed E-state index contributed by atoms with van der Waals surface area (Å²) in [6.45, 7) is 0. The van der Waals surface area contributed by atoms with E-state index in [1.807, 2.05) is 0 Å². The van der Waals surface area contributed by atoms with Crippen LogP contribution in [0.5, 0.6) is 0 Å². The highest BCUT2D eigenvalue weighted by atomic mass is 32.2. The SMILES string of the molecule is CS(=O)(=O)Nc1cccc(-c2cc(Nc3ccc(S(N)(=O)=O)cc3)[nH]n2)c1. The van der Waals surface area contributed by atoms with E-state index >= 15 is 0 Å². The molecule has 3 rings (SSSR count). The van der Waals surface area contributed by atoms with Crippen LogP contribution in [0.15, 0.2) is 59.5 Å². The van der Waals surface area contributed by atoms with Crippen LogP contribution in [-0.2, 0) is 20.0 Å². The van der Waals surface area contributed by atoms with Crippen molar-refractivity contribution in [3.63, 3.8) is 0 Å². The second-order valence-corrected chi connectivity index (χ2v) is 9.13. The Morgan fingerprint density at radius 3 is 2.30 bits per heavy atom. The third-order valence-corrected chi connectivity index (χ3v) is 5.04. The summed E-state index contributed by atoms with van der Waals surface area (Å²) in [6.07, 6.45) is 1.08. The van der Waals surface area contributed by atoms with Crippen LogP contribution in [0, 0.1) is 0 Å². The second kappa shape index (κ2) is 7.02. The molecule has 0 bridgehead atoms. The Bertz CT molecular complexity index is 1170. The largest absolute Gasteiger partial charge is 0.341 e. The number of anilines is 3. The van der Waals surface area contributed by atoms with E-state index in [1.165, 1.54) is 12.1 Å². The van der Waals surface area contributed by atoms with Gasteiger partial charge in [0, 0.05) is 23.0 Å². The molecule has 0 unspecified atom stereocenters. The number of nitrogens with one attached hydrogen (secondary N) is 3. The van der Waals surface area contributed by atoms with Gasteiger partial charge in [-0.3, -0.25) is 9.82 Å². The van der Waals surface area contributed by atoms with Crippen molar-refractivity contribution in [3.8, 4) is 11.3 Å². The molecule has 0 aliphatic heterocycles. The summed E-state index contributed by atoms with van der Waals surface area (Å²) in [6, 6.07) is 14.5. The van der Waals surface area contributed by atoms with Crippen LogP contribution in [0.4, 0.5) is 17.2 Å². The molecule has 11 heteroatoms. The van der Waals surface area contributed by atoms with Crippen molar-refractivity contribution in [1.82, 2.24) is 10.2 Å². The van der Waals surface area contributed by atoms with Gasteiger partial charge in [0.1, 0.15) is 5.82 Å². The molecular formula is C16H17N5O4S2. The lowest BCUT2D eigenvalue weighted by Crippen LogP contribution is -2.11. The van der Waals surface area contributed by atoms with E-state index in [4.69, 9.17) is 5.14 Å². The number of benzene rings is 2. The van der Waals surface area contributed by atoms with Gasteiger partial charge in [-0.15, -0.1) is 0 Å². The fourth-order valence-electron chi connectivity index (χ4n) is 2.37. The quantitative estimate of drug-likeness (QED) is 0.490. The lowest BCUT2D eigenvalue weighted by Gasteiger charge is -2.05. The zero-order valence-corrected chi connectivity index (χ0v) is 15.8. The van der Waals surface area contributed by atoms with Crippen molar-refractivity contribution >= 4 is 37.2 Å². The number of rotatable bonds is 6. The van der Waals surface area contributed by atoms with Crippen LogP contribution in [0.3, 0.4) is 0 Å². The average Bonchev–Trinajstić information content (AvgIpc) is 3.02. The van der Waals surface area contributed by atoms with E-state index < -0.39 is 20.0 Å². The monoisotopic (exact) mass is 407 g/mol. The molecule has 0 atom stereocenters. The Morgan fingerprint density at radius 2 is 1.67 bits per heavy atom. The van der Waals surface area contributed by atoms with E-state index in [9.17, 15) is 16.8 Å². The van der Waals surface area contributed by atoms with Crippen molar-refractivity contribution in [2.45, 2.75) is 4.90 Å². The van der Waals surface area contributed by atoms with E-state index in [0.29, 0.717) is 22.9 Å². The fourth-order valence-corrected chi connectivity index (χ4v) is 3.44. The van der Waals surface area contributed by atoms with Gasteiger partial charge in [-0.2, -0.15) is 5.10 Å². The van der Waals surface area contributed by atoms with Gasteiger partial charge in [-0.05, 0) is 36.4 Å². The lowest BCUT2D eigenvalue weighted by molar-refractivity contribution is 0.597. The molecule has 27 heavy (non-hydrogen) atoms. The van der Waals surface area contributed by atoms with Gasteiger partial charge in [-0.1, -0.05) is 12.1 Å². The summed E-state index contributed by atoms with van der Waals surface area (Å²) in [5, 5.41) is 15.1. The first-order chi connectivity index (χ1) is 12.6. The number of aromatic amines is 1. The number of aromatic nitrogens is 2. The first kappa shape index (κ1) is 18.9. The van der Waals surface area contributed by atoms with Crippen LogP contribution in [-0.4, -0.2) is 33.3 Å². The first-order valence-corrected chi connectivity index (χ1v) is 11.1. The molecule has 3 aromatic rings. The average molecular weight is 407 g/mol. The van der Waals surface area contributed by atoms with Gasteiger partial charge in [0.05, 0.1) is 16.8 Å². The van der Waals surface area contributed by atoms with E-state index in [-0.39, 0.29) is 4.90 Å². The third-order valence-electron chi connectivity index (χ3n) is 3.50. The minimum Gasteiger partial charge on any atom is -0.341 e. The normalized spacial score (nSPS) is 11.9. The molecule has 0 spiro atoms. The van der Waals surface area contributed by atoms with Crippen LogP contribution in [0.25, 0.3) is 11.3 Å². The summed E-state index contributed by atoms with van der Waals surface area (Å²) in [5.41, 5.74) is 2.41. The summed E-state index contributed by atoms with van der Waals surface area (Å²) in [4.78, 5) is 0.0218. The van der Waals surface area contributed by atoms with Crippen molar-refractivity contribution in [3.05, 3.63) is 54.6 Å². The van der Waals surface area contributed by atoms with Crippen LogP contribution < -0.4 is 15.2 Å². The van der Waals surface area contributed by atoms with Gasteiger partial charge >= 0.3 is 0 Å². The standard InChI is InChI=1S/C16H17N5O4S2/c1-26(22,23)21-13-4-2-3-11(9-13)15-10-16(20-19-15)18-12-5-7-14(8-6-12)27(17,24)25/h2-10,21H,1H3,(H2,17,24,25)(H2,18,19,20). The Kier molecular flexibility index (Phi) is 4.91. The zero-order valence-electron chi connectivity index (χ0n) is 14.2. The molecule has 0 radical (unpaired) electrons. The van der Waals surface area contributed by atoms with E-state index in [1.54, 1.807) is 42.5 Å². The van der Waals surface area contributed by atoms with Crippen molar-refractivity contribution in [2.75, 3.05) is 16.3 Å². The van der Waals surface area contributed by atoms with Crippen molar-refractivity contribution in [2.24, 2.45) is 5.14 Å². The molecule has 0 amide bonds. The van der Waals surface area contributed by atoms with Crippen LogP contribution in [0.2, 0.25) is 0 Å². The number of sulfonamides is 2. The highest BCUT2D eigenvalue weighted by molar-refractivity contribution is 7.92. The molecule has 1 heterocycles. The summed E-state index contributed by atoms with van der Waals surface area (Å²) >= 11 is 0. The van der Waals surface area contributed by atoms with E-state index in [0.717, 1.165) is 11.8 Å². The number of hydrogen-bond donors (Lipinski definition) is 4. The number of H-pyrrole nitrogens is 1. The molecule has 0 aliphatic rings. The Hall–Kier alpha value is -2.89. The summed E-state index contributed by atoms with van der Waals surface area (Å²) < 4.78 is 47.7. The summed E-state index contributed by atoms with van der Waals surface area (Å²) in [7, 11) is -7.11. The molecule has 9 nitrogen and oxygen atoms in total. The maximum absolute atomic E-state index is 11.4. The molecule has 142 valence electrons. The smallest absolute Gasteiger partial charge is 0.238 e. The fraction of sp³-hybridized carbons (Fsp3) is 0.0625. The highest BCUT2D eigenvalue weighted by Gasteiger charge is 2.09. The molecule has 5 N–H and O–H groups in total. The Balaban J connectivity index is 1.78. The predicted molar refractivity (Wildman–Crippen MR) is 104 cm³/mol. The Labute approximate surface area is 156 Å². The first-order valence-electron chi connectivity index (χ1n) is 7.64. The highest BCUT2D eigenvalue weighted by Crippen LogP contribution is 2.25. The van der Waals surface area contributed by atoms with Gasteiger partial charge in [-0.25, -0.2) is 22.0 Å². The van der Waals surface area contributed by atoms with Crippen molar-refractivity contribution < 1.29 is 16.8 Å². The molecule has 2 aromatic carbocycles. The predicted octanol–water partition coefficient (Wildman–Crippen LogP) is 1.84. The molecule has 0 saturated heterocycles. The molecular weight excluding hydrogens is 390 g/mol.